The number of carbonyl (C=O) groups excluding carboxylic acids is 3. The Kier molecular flexibility index (Phi) is 7.20. The maximum atomic E-state index is 13.6. The van der Waals surface area contributed by atoms with E-state index in [-0.39, 0.29) is 13.1 Å². The van der Waals surface area contributed by atoms with Crippen LogP contribution in [-0.2, 0) is 9.59 Å². The number of nitrogens with zero attached hydrogens (tertiary/aromatic N) is 1. The second kappa shape index (κ2) is 9.59. The number of likely N-dealkylation sites (N-methyl/N-ethyl adjacent to an activating group) is 1. The summed E-state index contributed by atoms with van der Waals surface area (Å²) >= 11 is 0. The Hall–Kier alpha value is -3.29. The molecule has 28 heavy (non-hydrogen) atoms. The number of para-hydroxylation sites is 1. The van der Waals surface area contributed by atoms with Gasteiger partial charge in [0.05, 0.1) is 13.1 Å². The van der Waals surface area contributed by atoms with Crippen LogP contribution in [0.1, 0.15) is 22.8 Å². The summed E-state index contributed by atoms with van der Waals surface area (Å²) in [5.74, 6) is -3.46. The van der Waals surface area contributed by atoms with E-state index < -0.39 is 41.6 Å². The molecule has 0 spiro atoms. The van der Waals surface area contributed by atoms with Gasteiger partial charge in [-0.2, -0.15) is 0 Å². The number of hydrogen-bond donors (Lipinski definition) is 2. The van der Waals surface area contributed by atoms with Crippen molar-refractivity contribution in [2.45, 2.75) is 13.8 Å². The summed E-state index contributed by atoms with van der Waals surface area (Å²) in [6.45, 7) is 2.91. The maximum absolute atomic E-state index is 13.6. The largest absolute Gasteiger partial charge is 0.343 e. The maximum Gasteiger partial charge on any atom is 0.251 e. The van der Waals surface area contributed by atoms with Gasteiger partial charge in [-0.1, -0.05) is 24.3 Å². The molecular formula is C20H21F2N3O3. The number of halogens is 2. The molecular weight excluding hydrogens is 368 g/mol. The SMILES string of the molecule is CCN(CC(=O)Nc1c(F)cccc1F)C(=O)CNC(=O)c1ccccc1C. The van der Waals surface area contributed by atoms with E-state index in [9.17, 15) is 23.2 Å². The van der Waals surface area contributed by atoms with Crippen molar-refractivity contribution in [2.24, 2.45) is 0 Å². The van der Waals surface area contributed by atoms with Gasteiger partial charge in [-0.3, -0.25) is 14.4 Å². The van der Waals surface area contributed by atoms with Crippen LogP contribution in [0.15, 0.2) is 42.5 Å². The van der Waals surface area contributed by atoms with Crippen molar-refractivity contribution in [3.8, 4) is 0 Å². The molecule has 6 nitrogen and oxygen atoms in total. The Labute approximate surface area is 161 Å². The van der Waals surface area contributed by atoms with Crippen molar-refractivity contribution < 1.29 is 23.2 Å². The lowest BCUT2D eigenvalue weighted by Crippen LogP contribution is -2.43. The zero-order valence-electron chi connectivity index (χ0n) is 15.6. The second-order valence-electron chi connectivity index (χ2n) is 6.05. The van der Waals surface area contributed by atoms with Gasteiger partial charge in [-0.25, -0.2) is 8.78 Å². The average Bonchev–Trinajstić information content (AvgIpc) is 2.67. The quantitative estimate of drug-likeness (QED) is 0.764. The molecule has 0 saturated heterocycles. The van der Waals surface area contributed by atoms with Crippen LogP contribution in [0.4, 0.5) is 14.5 Å². The Morgan fingerprint density at radius 2 is 1.64 bits per heavy atom. The van der Waals surface area contributed by atoms with Crippen LogP contribution in [0, 0.1) is 18.6 Å². The van der Waals surface area contributed by atoms with E-state index in [0.29, 0.717) is 5.56 Å². The smallest absolute Gasteiger partial charge is 0.251 e. The molecule has 0 bridgehead atoms. The Balaban J connectivity index is 1.93. The highest BCUT2D eigenvalue weighted by Gasteiger charge is 2.19. The van der Waals surface area contributed by atoms with Crippen LogP contribution in [0.5, 0.6) is 0 Å². The fraction of sp³-hybridized carbons (Fsp3) is 0.250. The van der Waals surface area contributed by atoms with E-state index in [1.165, 1.54) is 11.0 Å². The van der Waals surface area contributed by atoms with E-state index in [4.69, 9.17) is 0 Å². The Morgan fingerprint density at radius 3 is 2.25 bits per heavy atom. The van der Waals surface area contributed by atoms with Crippen LogP contribution in [0.25, 0.3) is 0 Å². The van der Waals surface area contributed by atoms with Gasteiger partial charge in [0.2, 0.25) is 11.8 Å². The third-order valence-corrected chi connectivity index (χ3v) is 4.09. The average molecular weight is 389 g/mol. The monoisotopic (exact) mass is 389 g/mol. The molecule has 2 aromatic carbocycles. The van der Waals surface area contributed by atoms with Crippen molar-refractivity contribution >= 4 is 23.4 Å². The van der Waals surface area contributed by atoms with Crippen molar-refractivity contribution in [3.05, 3.63) is 65.2 Å². The number of carbonyl (C=O) groups is 3. The standard InChI is InChI=1S/C20H21F2N3O3/c1-3-25(12-17(26)24-19-15(21)9-6-10-16(19)22)18(27)11-23-20(28)14-8-5-4-7-13(14)2/h4-10H,3,11-12H2,1-2H3,(H,23,28)(H,24,26). The van der Waals surface area contributed by atoms with Crippen LogP contribution in [0.3, 0.4) is 0 Å². The highest BCUT2D eigenvalue weighted by molar-refractivity contribution is 5.98. The lowest BCUT2D eigenvalue weighted by molar-refractivity contribution is -0.133. The minimum absolute atomic E-state index is 0.187. The normalized spacial score (nSPS) is 10.3. The first kappa shape index (κ1) is 21.0. The number of anilines is 1. The number of amides is 3. The molecule has 0 aromatic heterocycles. The molecule has 2 aromatic rings. The number of hydrogen-bond acceptors (Lipinski definition) is 3. The van der Waals surface area contributed by atoms with Gasteiger partial charge in [-0.05, 0) is 37.6 Å². The fourth-order valence-corrected chi connectivity index (χ4v) is 2.54. The van der Waals surface area contributed by atoms with E-state index in [1.54, 1.807) is 38.1 Å². The van der Waals surface area contributed by atoms with E-state index >= 15 is 0 Å². The molecule has 2 rings (SSSR count). The van der Waals surface area contributed by atoms with Crippen molar-refractivity contribution in [1.29, 1.82) is 0 Å². The zero-order chi connectivity index (χ0) is 20.7. The van der Waals surface area contributed by atoms with Gasteiger partial charge in [0.15, 0.2) is 0 Å². The Morgan fingerprint density at radius 1 is 1.00 bits per heavy atom. The molecule has 0 fully saturated rings. The molecule has 0 aliphatic carbocycles. The van der Waals surface area contributed by atoms with Gasteiger partial charge in [0.1, 0.15) is 17.3 Å². The molecule has 0 aliphatic heterocycles. The summed E-state index contributed by atoms with van der Waals surface area (Å²) < 4.78 is 27.2. The lowest BCUT2D eigenvalue weighted by Gasteiger charge is -2.21. The first-order chi connectivity index (χ1) is 13.3. The van der Waals surface area contributed by atoms with Crippen LogP contribution < -0.4 is 10.6 Å². The van der Waals surface area contributed by atoms with Crippen molar-refractivity contribution in [2.75, 3.05) is 25.0 Å². The molecule has 0 aliphatic rings. The number of aryl methyl sites for hydroxylation is 1. The molecule has 0 saturated carbocycles. The third kappa shape index (κ3) is 5.35. The van der Waals surface area contributed by atoms with Gasteiger partial charge in [-0.15, -0.1) is 0 Å². The topological polar surface area (TPSA) is 78.5 Å². The Bertz CT molecular complexity index is 866. The number of nitrogens with one attached hydrogen (secondary N) is 2. The minimum Gasteiger partial charge on any atom is -0.343 e. The molecule has 2 N–H and O–H groups in total. The lowest BCUT2D eigenvalue weighted by atomic mass is 10.1. The van der Waals surface area contributed by atoms with Gasteiger partial charge < -0.3 is 15.5 Å². The minimum atomic E-state index is -0.909. The molecule has 148 valence electrons. The molecule has 0 radical (unpaired) electrons. The zero-order valence-corrected chi connectivity index (χ0v) is 15.6. The van der Waals surface area contributed by atoms with Gasteiger partial charge in [0, 0.05) is 12.1 Å². The summed E-state index contributed by atoms with van der Waals surface area (Å²) in [5.41, 5.74) is 0.654. The second-order valence-corrected chi connectivity index (χ2v) is 6.05. The molecule has 8 heteroatoms. The van der Waals surface area contributed by atoms with Crippen molar-refractivity contribution in [3.63, 3.8) is 0 Å². The summed E-state index contributed by atoms with van der Waals surface area (Å²) in [5, 5.41) is 4.64. The summed E-state index contributed by atoms with van der Waals surface area (Å²) in [7, 11) is 0. The van der Waals surface area contributed by atoms with Crippen molar-refractivity contribution in [1.82, 2.24) is 10.2 Å². The first-order valence-electron chi connectivity index (χ1n) is 8.69. The predicted octanol–water partition coefficient (Wildman–Crippen LogP) is 2.49. The van der Waals surface area contributed by atoms with Crippen LogP contribution >= 0.6 is 0 Å². The number of benzene rings is 2. The first-order valence-corrected chi connectivity index (χ1v) is 8.69. The van der Waals surface area contributed by atoms with E-state index in [1.807, 2.05) is 0 Å². The molecule has 0 unspecified atom stereocenters. The molecule has 0 atom stereocenters. The summed E-state index contributed by atoms with van der Waals surface area (Å²) in [6.07, 6.45) is 0. The van der Waals surface area contributed by atoms with Gasteiger partial charge in [0.25, 0.3) is 5.91 Å². The number of rotatable bonds is 7. The molecule has 0 heterocycles. The molecule has 3 amide bonds. The van der Waals surface area contributed by atoms with E-state index in [0.717, 1.165) is 17.7 Å². The summed E-state index contributed by atoms with van der Waals surface area (Å²) in [4.78, 5) is 37.7. The fourth-order valence-electron chi connectivity index (χ4n) is 2.54. The third-order valence-electron chi connectivity index (χ3n) is 4.09. The van der Waals surface area contributed by atoms with Gasteiger partial charge >= 0.3 is 0 Å². The summed E-state index contributed by atoms with van der Waals surface area (Å²) in [6, 6.07) is 10.1. The highest BCUT2D eigenvalue weighted by atomic mass is 19.1. The highest BCUT2D eigenvalue weighted by Crippen LogP contribution is 2.17. The van der Waals surface area contributed by atoms with Crippen LogP contribution in [-0.4, -0.2) is 42.3 Å². The predicted molar refractivity (Wildman–Crippen MR) is 101 cm³/mol. The van der Waals surface area contributed by atoms with Crippen LogP contribution in [0.2, 0.25) is 0 Å². The van der Waals surface area contributed by atoms with E-state index in [2.05, 4.69) is 10.6 Å².